The van der Waals surface area contributed by atoms with Crippen LogP contribution in [0.4, 0.5) is 0 Å². The van der Waals surface area contributed by atoms with Gasteiger partial charge in [0.25, 0.3) is 5.91 Å². The summed E-state index contributed by atoms with van der Waals surface area (Å²) in [6.07, 6.45) is 5.10. The second-order valence-corrected chi connectivity index (χ2v) is 8.15. The van der Waals surface area contributed by atoms with E-state index in [1.807, 2.05) is 13.8 Å². The van der Waals surface area contributed by atoms with Crippen LogP contribution in [0.5, 0.6) is 5.75 Å². The van der Waals surface area contributed by atoms with E-state index in [1.54, 1.807) is 12.1 Å². The fourth-order valence-corrected chi connectivity index (χ4v) is 4.04. The summed E-state index contributed by atoms with van der Waals surface area (Å²) in [7, 11) is -3.51. The number of hydrogen-bond donors (Lipinski definition) is 2. The van der Waals surface area contributed by atoms with Crippen LogP contribution >= 0.6 is 0 Å². The molecular weight excluding hydrogens is 328 g/mol. The minimum Gasteiger partial charge on any atom is -0.484 e. The van der Waals surface area contributed by atoms with Crippen molar-refractivity contribution in [1.82, 2.24) is 10.0 Å². The Hall–Kier alpha value is -1.60. The van der Waals surface area contributed by atoms with Crippen LogP contribution in [0.3, 0.4) is 0 Å². The van der Waals surface area contributed by atoms with E-state index < -0.39 is 10.0 Å². The van der Waals surface area contributed by atoms with Crippen molar-refractivity contribution in [1.29, 1.82) is 0 Å². The molecule has 7 heteroatoms. The molecule has 1 aromatic rings. The lowest BCUT2D eigenvalue weighted by Gasteiger charge is -2.22. The molecule has 6 nitrogen and oxygen atoms in total. The van der Waals surface area contributed by atoms with Gasteiger partial charge in [-0.05, 0) is 51.0 Å². The summed E-state index contributed by atoms with van der Waals surface area (Å²) in [6.45, 7) is 3.65. The number of benzene rings is 1. The maximum absolute atomic E-state index is 12.4. The molecule has 1 aromatic carbocycles. The van der Waals surface area contributed by atoms with Crippen LogP contribution < -0.4 is 14.8 Å². The van der Waals surface area contributed by atoms with E-state index in [1.165, 1.54) is 18.6 Å². The van der Waals surface area contributed by atoms with Crippen LogP contribution in [0, 0.1) is 0 Å². The van der Waals surface area contributed by atoms with Crippen molar-refractivity contribution in [3.8, 4) is 5.75 Å². The SMILES string of the molecule is CC(C)NC(=O)COc1ccc(S(=O)(=O)NC2CCCCC2)cc1. The van der Waals surface area contributed by atoms with Crippen molar-refractivity contribution < 1.29 is 17.9 Å². The Morgan fingerprint density at radius 3 is 2.38 bits per heavy atom. The predicted molar refractivity (Wildman–Crippen MR) is 92.4 cm³/mol. The van der Waals surface area contributed by atoms with Gasteiger partial charge in [0, 0.05) is 12.1 Å². The molecule has 0 spiro atoms. The van der Waals surface area contributed by atoms with Crippen LogP contribution in [0.2, 0.25) is 0 Å². The summed E-state index contributed by atoms with van der Waals surface area (Å²) in [4.78, 5) is 11.7. The van der Waals surface area contributed by atoms with Crippen molar-refractivity contribution >= 4 is 15.9 Å². The average molecular weight is 354 g/mol. The number of sulfonamides is 1. The number of carbonyl (C=O) groups is 1. The normalized spacial score (nSPS) is 16.1. The van der Waals surface area contributed by atoms with E-state index in [-0.39, 0.29) is 29.5 Å². The summed E-state index contributed by atoms with van der Waals surface area (Å²) >= 11 is 0. The third kappa shape index (κ3) is 5.79. The quantitative estimate of drug-likeness (QED) is 0.786. The monoisotopic (exact) mass is 354 g/mol. The largest absolute Gasteiger partial charge is 0.484 e. The highest BCUT2D eigenvalue weighted by Gasteiger charge is 2.21. The zero-order valence-corrected chi connectivity index (χ0v) is 15.1. The fraction of sp³-hybridized carbons (Fsp3) is 0.588. The molecule has 0 atom stereocenters. The van der Waals surface area contributed by atoms with E-state index in [0.717, 1.165) is 25.7 Å². The van der Waals surface area contributed by atoms with Gasteiger partial charge < -0.3 is 10.1 Å². The van der Waals surface area contributed by atoms with Gasteiger partial charge in [0.05, 0.1) is 4.90 Å². The van der Waals surface area contributed by atoms with Crippen molar-refractivity contribution in [2.24, 2.45) is 0 Å². The molecule has 24 heavy (non-hydrogen) atoms. The van der Waals surface area contributed by atoms with Gasteiger partial charge >= 0.3 is 0 Å². The smallest absolute Gasteiger partial charge is 0.258 e. The summed E-state index contributed by atoms with van der Waals surface area (Å²) in [5.74, 6) is 0.256. The molecular formula is C17H26N2O4S. The van der Waals surface area contributed by atoms with Crippen LogP contribution in [0.1, 0.15) is 46.0 Å². The number of ether oxygens (including phenoxy) is 1. The van der Waals surface area contributed by atoms with Gasteiger partial charge in [-0.25, -0.2) is 13.1 Å². The number of carbonyl (C=O) groups excluding carboxylic acids is 1. The molecule has 1 amide bonds. The van der Waals surface area contributed by atoms with Crippen molar-refractivity contribution in [2.75, 3.05) is 6.61 Å². The molecule has 0 heterocycles. The molecule has 0 radical (unpaired) electrons. The second kappa shape index (κ2) is 8.48. The van der Waals surface area contributed by atoms with Gasteiger partial charge in [0.2, 0.25) is 10.0 Å². The molecule has 134 valence electrons. The minimum absolute atomic E-state index is 0.0272. The highest BCUT2D eigenvalue weighted by atomic mass is 32.2. The Kier molecular flexibility index (Phi) is 6.62. The van der Waals surface area contributed by atoms with Crippen molar-refractivity contribution in [3.63, 3.8) is 0 Å². The summed E-state index contributed by atoms with van der Waals surface area (Å²) < 4.78 is 32.9. The first kappa shape index (κ1) is 18.7. The molecule has 2 rings (SSSR count). The van der Waals surface area contributed by atoms with E-state index in [4.69, 9.17) is 4.74 Å². The van der Waals surface area contributed by atoms with Crippen LogP contribution in [0.15, 0.2) is 29.2 Å². The fourth-order valence-electron chi connectivity index (χ4n) is 2.74. The molecule has 0 aliphatic heterocycles. The van der Waals surface area contributed by atoms with Gasteiger partial charge in [0.1, 0.15) is 5.75 Å². The van der Waals surface area contributed by atoms with Crippen molar-refractivity contribution in [3.05, 3.63) is 24.3 Å². The lowest BCUT2D eigenvalue weighted by atomic mass is 9.96. The highest BCUT2D eigenvalue weighted by Crippen LogP contribution is 2.21. The zero-order valence-electron chi connectivity index (χ0n) is 14.2. The lowest BCUT2D eigenvalue weighted by molar-refractivity contribution is -0.123. The first-order chi connectivity index (χ1) is 11.4. The molecule has 0 bridgehead atoms. The van der Waals surface area contributed by atoms with E-state index in [9.17, 15) is 13.2 Å². The number of rotatable bonds is 7. The standard InChI is InChI=1S/C17H26N2O4S/c1-13(2)18-17(20)12-23-15-8-10-16(11-9-15)24(21,22)19-14-6-4-3-5-7-14/h8-11,13-14,19H,3-7,12H2,1-2H3,(H,18,20). The van der Waals surface area contributed by atoms with Crippen LogP contribution in [0.25, 0.3) is 0 Å². The molecule has 0 saturated heterocycles. The third-order valence-corrected chi connectivity index (χ3v) is 5.42. The molecule has 2 N–H and O–H groups in total. The predicted octanol–water partition coefficient (Wildman–Crippen LogP) is 2.20. The van der Waals surface area contributed by atoms with Gasteiger partial charge in [-0.3, -0.25) is 4.79 Å². The van der Waals surface area contributed by atoms with E-state index in [2.05, 4.69) is 10.0 Å². The maximum Gasteiger partial charge on any atom is 0.258 e. The first-order valence-corrected chi connectivity index (χ1v) is 9.90. The minimum atomic E-state index is -3.51. The Morgan fingerprint density at radius 2 is 1.79 bits per heavy atom. The average Bonchev–Trinajstić information content (AvgIpc) is 2.53. The highest BCUT2D eigenvalue weighted by molar-refractivity contribution is 7.89. The summed E-state index contributed by atoms with van der Waals surface area (Å²) in [5, 5.41) is 2.72. The van der Waals surface area contributed by atoms with Gasteiger partial charge in [-0.15, -0.1) is 0 Å². The van der Waals surface area contributed by atoms with E-state index in [0.29, 0.717) is 5.75 Å². The Labute approximate surface area is 144 Å². The molecule has 1 aliphatic carbocycles. The molecule has 1 fully saturated rings. The van der Waals surface area contributed by atoms with Crippen LogP contribution in [-0.4, -0.2) is 33.0 Å². The molecule has 1 aliphatic rings. The Bertz CT molecular complexity index is 635. The number of hydrogen-bond acceptors (Lipinski definition) is 4. The summed E-state index contributed by atoms with van der Waals surface area (Å²) in [6, 6.07) is 6.22. The number of nitrogens with one attached hydrogen (secondary N) is 2. The summed E-state index contributed by atoms with van der Waals surface area (Å²) in [5.41, 5.74) is 0. The maximum atomic E-state index is 12.4. The molecule has 0 aromatic heterocycles. The Balaban J connectivity index is 1.91. The Morgan fingerprint density at radius 1 is 1.17 bits per heavy atom. The lowest BCUT2D eigenvalue weighted by Crippen LogP contribution is -2.36. The van der Waals surface area contributed by atoms with Crippen molar-refractivity contribution in [2.45, 2.75) is 62.9 Å². The molecule has 0 unspecified atom stereocenters. The van der Waals surface area contributed by atoms with Crippen LogP contribution in [-0.2, 0) is 14.8 Å². The van der Waals surface area contributed by atoms with Gasteiger partial charge in [-0.1, -0.05) is 19.3 Å². The number of amides is 1. The first-order valence-electron chi connectivity index (χ1n) is 8.41. The van der Waals surface area contributed by atoms with Gasteiger partial charge in [-0.2, -0.15) is 0 Å². The third-order valence-electron chi connectivity index (χ3n) is 3.88. The zero-order chi connectivity index (χ0) is 17.6. The molecule has 1 saturated carbocycles. The second-order valence-electron chi connectivity index (χ2n) is 6.44. The van der Waals surface area contributed by atoms with E-state index >= 15 is 0 Å². The van der Waals surface area contributed by atoms with Gasteiger partial charge in [0.15, 0.2) is 6.61 Å². The topological polar surface area (TPSA) is 84.5 Å².